The molecule has 0 aromatic rings. The fraction of sp³-hybridized carbons (Fsp3) is 0.926. The van der Waals surface area contributed by atoms with E-state index in [-0.39, 0.29) is 36.8 Å². The molecule has 2 aliphatic carbocycles. The monoisotopic (exact) mass is 514 g/mol. The predicted molar refractivity (Wildman–Crippen MR) is 134 cm³/mol. The zero-order valence-electron chi connectivity index (χ0n) is 21.6. The van der Waals surface area contributed by atoms with E-state index in [1.54, 1.807) is 0 Å². The molecule has 0 aromatic heterocycles. The van der Waals surface area contributed by atoms with Gasteiger partial charge in [-0.2, -0.15) is 8.42 Å². The van der Waals surface area contributed by atoms with E-state index in [0.29, 0.717) is 11.8 Å². The van der Waals surface area contributed by atoms with Gasteiger partial charge in [-0.25, -0.2) is 0 Å². The van der Waals surface area contributed by atoms with E-state index in [0.717, 1.165) is 90.1 Å². The largest absolute Gasteiger partial charge is 0.353 e. The van der Waals surface area contributed by atoms with E-state index >= 15 is 0 Å². The average molecular weight is 515 g/mol. The Morgan fingerprint density at radius 3 is 2.37 bits per heavy atom. The van der Waals surface area contributed by atoms with E-state index in [4.69, 9.17) is 23.1 Å². The van der Waals surface area contributed by atoms with Gasteiger partial charge in [0.2, 0.25) is 0 Å². The molecule has 2 saturated heterocycles. The molecule has 3 unspecified atom stereocenters. The average Bonchev–Trinajstić information content (AvgIpc) is 3.34. The third kappa shape index (κ3) is 8.50. The Balaban J connectivity index is 1.44. The van der Waals surface area contributed by atoms with Crippen LogP contribution in [0.3, 0.4) is 0 Å². The van der Waals surface area contributed by atoms with Crippen molar-refractivity contribution in [1.29, 1.82) is 0 Å². The SMILES string of the molecule is CCCCC[C@@H](C=C[C@@H]1[C@H]2CC(OS(C)(=O)=O)C[C@@H]2C[C@H]1OC1CCCCO1)OC1CCCCO1. The fourth-order valence-corrected chi connectivity index (χ4v) is 7.05. The Kier molecular flexibility index (Phi) is 10.5. The lowest BCUT2D eigenvalue weighted by molar-refractivity contribution is -0.193. The highest BCUT2D eigenvalue weighted by molar-refractivity contribution is 7.86. The number of fused-ring (bicyclic) bond motifs is 1. The van der Waals surface area contributed by atoms with Gasteiger partial charge in [-0.05, 0) is 76.0 Å². The molecule has 0 aromatic carbocycles. The second kappa shape index (κ2) is 13.3. The molecule has 4 fully saturated rings. The first kappa shape index (κ1) is 27.5. The van der Waals surface area contributed by atoms with Crippen LogP contribution in [0.4, 0.5) is 0 Å². The lowest BCUT2D eigenvalue weighted by Gasteiger charge is -2.30. The zero-order valence-corrected chi connectivity index (χ0v) is 22.5. The quantitative estimate of drug-likeness (QED) is 0.198. The Labute approximate surface area is 212 Å². The van der Waals surface area contributed by atoms with Crippen molar-refractivity contribution in [3.05, 3.63) is 12.2 Å². The first-order valence-corrected chi connectivity index (χ1v) is 15.8. The summed E-state index contributed by atoms with van der Waals surface area (Å²) in [6.45, 7) is 3.77. The minimum absolute atomic E-state index is 0.0275. The Hall–Kier alpha value is -0.510. The topological polar surface area (TPSA) is 80.3 Å². The van der Waals surface area contributed by atoms with Gasteiger partial charge in [-0.3, -0.25) is 4.18 Å². The highest BCUT2D eigenvalue weighted by Gasteiger charge is 2.49. The van der Waals surface area contributed by atoms with Crippen molar-refractivity contribution in [2.45, 2.75) is 121 Å². The summed E-state index contributed by atoms with van der Waals surface area (Å²) < 4.78 is 53.6. The maximum Gasteiger partial charge on any atom is 0.264 e. The number of unbranched alkanes of at least 4 members (excludes halogenated alkanes) is 2. The smallest absolute Gasteiger partial charge is 0.264 e. The molecule has 4 rings (SSSR count). The van der Waals surface area contributed by atoms with Crippen LogP contribution in [-0.4, -0.2) is 58.8 Å². The van der Waals surface area contributed by atoms with Crippen molar-refractivity contribution in [2.24, 2.45) is 17.8 Å². The molecule has 0 bridgehead atoms. The summed E-state index contributed by atoms with van der Waals surface area (Å²) in [4.78, 5) is 0. The highest BCUT2D eigenvalue weighted by atomic mass is 32.2. The molecule has 0 amide bonds. The van der Waals surface area contributed by atoms with Gasteiger partial charge in [0, 0.05) is 19.1 Å². The molecule has 0 N–H and O–H groups in total. The van der Waals surface area contributed by atoms with Crippen molar-refractivity contribution in [2.75, 3.05) is 19.5 Å². The van der Waals surface area contributed by atoms with Crippen LogP contribution in [0.1, 0.15) is 90.4 Å². The van der Waals surface area contributed by atoms with Crippen LogP contribution in [0.25, 0.3) is 0 Å². The van der Waals surface area contributed by atoms with Gasteiger partial charge in [-0.15, -0.1) is 0 Å². The van der Waals surface area contributed by atoms with Crippen molar-refractivity contribution in [1.82, 2.24) is 0 Å². The van der Waals surface area contributed by atoms with E-state index in [2.05, 4.69) is 19.1 Å². The van der Waals surface area contributed by atoms with Crippen molar-refractivity contribution >= 4 is 10.1 Å². The lowest BCUT2D eigenvalue weighted by Crippen LogP contribution is -2.31. The molecule has 4 aliphatic rings. The van der Waals surface area contributed by atoms with Crippen molar-refractivity contribution in [3.63, 3.8) is 0 Å². The second-order valence-electron chi connectivity index (χ2n) is 11.0. The summed E-state index contributed by atoms with van der Waals surface area (Å²) in [5, 5.41) is 0. The van der Waals surface area contributed by atoms with Crippen LogP contribution in [-0.2, 0) is 33.2 Å². The van der Waals surface area contributed by atoms with Gasteiger partial charge in [0.1, 0.15) is 0 Å². The van der Waals surface area contributed by atoms with Gasteiger partial charge in [0.15, 0.2) is 12.6 Å². The minimum atomic E-state index is -3.45. The Morgan fingerprint density at radius 2 is 1.71 bits per heavy atom. The van der Waals surface area contributed by atoms with Gasteiger partial charge in [0.25, 0.3) is 10.1 Å². The molecule has 0 spiro atoms. The van der Waals surface area contributed by atoms with Crippen LogP contribution >= 0.6 is 0 Å². The minimum Gasteiger partial charge on any atom is -0.353 e. The summed E-state index contributed by atoms with van der Waals surface area (Å²) in [5.41, 5.74) is 0. The van der Waals surface area contributed by atoms with E-state index < -0.39 is 10.1 Å². The maximum absolute atomic E-state index is 11.7. The third-order valence-corrected chi connectivity index (χ3v) is 8.67. The molecule has 2 aliphatic heterocycles. The molecule has 8 heteroatoms. The lowest BCUT2D eigenvalue weighted by atomic mass is 9.90. The molecule has 0 radical (unpaired) electrons. The van der Waals surface area contributed by atoms with E-state index in [1.807, 2.05) is 0 Å². The van der Waals surface area contributed by atoms with Crippen LogP contribution in [0.15, 0.2) is 12.2 Å². The van der Waals surface area contributed by atoms with Crippen molar-refractivity contribution < 1.29 is 31.5 Å². The zero-order chi connectivity index (χ0) is 24.7. The summed E-state index contributed by atoms with van der Waals surface area (Å²) in [6.07, 6.45) is 18.7. The Morgan fingerprint density at radius 1 is 0.971 bits per heavy atom. The molecular weight excluding hydrogens is 468 g/mol. The molecule has 202 valence electrons. The molecule has 8 atom stereocenters. The van der Waals surface area contributed by atoms with Gasteiger partial charge >= 0.3 is 0 Å². The number of hydrogen-bond acceptors (Lipinski definition) is 7. The van der Waals surface area contributed by atoms with Crippen LogP contribution in [0.5, 0.6) is 0 Å². The Bertz CT molecular complexity index is 757. The van der Waals surface area contributed by atoms with Crippen LogP contribution < -0.4 is 0 Å². The van der Waals surface area contributed by atoms with Gasteiger partial charge < -0.3 is 18.9 Å². The first-order chi connectivity index (χ1) is 16.9. The standard InChI is InChI=1S/C27H46O7S/c1-3-4-5-10-21(32-26-11-6-8-15-30-26)13-14-23-24-19-22(34-35(2,28)29)17-20(24)18-25(23)33-27-12-7-9-16-31-27/h13-14,20-27H,3-12,15-19H2,1-2H3/t20-,21+,22?,23-,24+,25-,26?,27?/m1/s1. The summed E-state index contributed by atoms with van der Waals surface area (Å²) in [6, 6.07) is 0. The number of rotatable bonds is 12. The summed E-state index contributed by atoms with van der Waals surface area (Å²) in [7, 11) is -3.45. The van der Waals surface area contributed by atoms with Crippen LogP contribution in [0.2, 0.25) is 0 Å². The predicted octanol–water partition coefficient (Wildman–Crippen LogP) is 5.34. The van der Waals surface area contributed by atoms with Crippen molar-refractivity contribution in [3.8, 4) is 0 Å². The maximum atomic E-state index is 11.7. The molecule has 35 heavy (non-hydrogen) atoms. The van der Waals surface area contributed by atoms with Gasteiger partial charge in [0.05, 0.1) is 24.6 Å². The van der Waals surface area contributed by atoms with E-state index in [1.165, 1.54) is 12.8 Å². The first-order valence-electron chi connectivity index (χ1n) is 14.0. The summed E-state index contributed by atoms with van der Waals surface area (Å²) >= 11 is 0. The molecule has 2 heterocycles. The normalized spacial score (nSPS) is 37.0. The second-order valence-corrected chi connectivity index (χ2v) is 12.6. The van der Waals surface area contributed by atoms with E-state index in [9.17, 15) is 8.42 Å². The number of hydrogen-bond donors (Lipinski definition) is 0. The fourth-order valence-electron chi connectivity index (χ4n) is 6.40. The third-order valence-electron chi connectivity index (χ3n) is 8.04. The van der Waals surface area contributed by atoms with Crippen LogP contribution in [0, 0.1) is 17.8 Å². The van der Waals surface area contributed by atoms with Gasteiger partial charge in [-0.1, -0.05) is 38.3 Å². The molecule has 7 nitrogen and oxygen atoms in total. The molecule has 2 saturated carbocycles. The number of ether oxygens (including phenoxy) is 4. The highest BCUT2D eigenvalue weighted by Crippen LogP contribution is 2.51. The summed E-state index contributed by atoms with van der Waals surface area (Å²) in [5.74, 6) is 0.975. The molecular formula is C27H46O7S.